The number of hydrogen-bond donors (Lipinski definition) is 2. The second-order valence-electron chi connectivity index (χ2n) is 4.28. The molecule has 0 bridgehead atoms. The third kappa shape index (κ3) is 3.21. The summed E-state index contributed by atoms with van der Waals surface area (Å²) in [7, 11) is 0. The van der Waals surface area contributed by atoms with E-state index in [-0.39, 0.29) is 6.04 Å². The Morgan fingerprint density at radius 1 is 1.25 bits per heavy atom. The Morgan fingerprint density at radius 2 is 1.88 bits per heavy atom. The van der Waals surface area contributed by atoms with Crippen LogP contribution in [0.5, 0.6) is 0 Å². The van der Waals surface area contributed by atoms with Crippen molar-refractivity contribution in [2.24, 2.45) is 11.8 Å². The third-order valence-corrected chi connectivity index (χ3v) is 3.34. The molecular weight excluding hydrogens is 220 g/mol. The summed E-state index contributed by atoms with van der Waals surface area (Å²) in [5.74, 6) is 6.21. The Kier molecular flexibility index (Phi) is 5.26. The van der Waals surface area contributed by atoms with E-state index in [1.165, 1.54) is 11.1 Å². The molecule has 2 nitrogen and oxygen atoms in total. The minimum Gasteiger partial charge on any atom is -0.271 e. The first-order chi connectivity index (χ1) is 7.62. The average Bonchev–Trinajstić information content (AvgIpc) is 2.24. The monoisotopic (exact) mass is 240 g/mol. The highest BCUT2D eigenvalue weighted by atomic mass is 35.5. The van der Waals surface area contributed by atoms with Gasteiger partial charge in [0.1, 0.15) is 0 Å². The van der Waals surface area contributed by atoms with Crippen molar-refractivity contribution in [2.45, 2.75) is 39.7 Å². The van der Waals surface area contributed by atoms with Crippen molar-refractivity contribution in [1.82, 2.24) is 5.43 Å². The second-order valence-corrected chi connectivity index (χ2v) is 4.72. The van der Waals surface area contributed by atoms with Crippen molar-refractivity contribution in [3.63, 3.8) is 0 Å². The van der Waals surface area contributed by atoms with Gasteiger partial charge in [0, 0.05) is 11.1 Å². The SMILES string of the molecule is CCC(CC)C(NN)c1cc(C)cc(Cl)c1. The molecule has 3 N–H and O–H groups in total. The van der Waals surface area contributed by atoms with Crippen LogP contribution in [0.2, 0.25) is 5.02 Å². The summed E-state index contributed by atoms with van der Waals surface area (Å²) in [6, 6.07) is 6.30. The van der Waals surface area contributed by atoms with Gasteiger partial charge < -0.3 is 0 Å². The number of hydrogen-bond acceptors (Lipinski definition) is 2. The minimum absolute atomic E-state index is 0.187. The van der Waals surface area contributed by atoms with Crippen LogP contribution >= 0.6 is 11.6 Å². The summed E-state index contributed by atoms with van der Waals surface area (Å²) in [5, 5.41) is 0.779. The highest BCUT2D eigenvalue weighted by Crippen LogP contribution is 2.29. The molecule has 0 saturated carbocycles. The fraction of sp³-hybridized carbons (Fsp3) is 0.538. The van der Waals surface area contributed by atoms with Crippen LogP contribution in [0.3, 0.4) is 0 Å². The van der Waals surface area contributed by atoms with Crippen LogP contribution < -0.4 is 11.3 Å². The number of halogens is 1. The van der Waals surface area contributed by atoms with E-state index < -0.39 is 0 Å². The Bertz CT molecular complexity index is 314. The van der Waals surface area contributed by atoms with Gasteiger partial charge in [0.05, 0.1) is 0 Å². The zero-order chi connectivity index (χ0) is 12.1. The fourth-order valence-corrected chi connectivity index (χ4v) is 2.51. The Labute approximate surface area is 103 Å². The molecule has 0 heterocycles. The van der Waals surface area contributed by atoms with Crippen molar-refractivity contribution >= 4 is 11.6 Å². The maximum atomic E-state index is 6.07. The Morgan fingerprint density at radius 3 is 2.31 bits per heavy atom. The molecule has 0 fully saturated rings. The zero-order valence-corrected chi connectivity index (χ0v) is 11.0. The highest BCUT2D eigenvalue weighted by Gasteiger charge is 2.19. The molecule has 1 rings (SSSR count). The van der Waals surface area contributed by atoms with Gasteiger partial charge in [-0.25, -0.2) is 0 Å². The van der Waals surface area contributed by atoms with Gasteiger partial charge in [0.25, 0.3) is 0 Å². The molecule has 3 heteroatoms. The van der Waals surface area contributed by atoms with Gasteiger partial charge in [-0.3, -0.25) is 11.3 Å². The lowest BCUT2D eigenvalue weighted by molar-refractivity contribution is 0.345. The van der Waals surface area contributed by atoms with Crippen LogP contribution in [0.15, 0.2) is 18.2 Å². The first kappa shape index (κ1) is 13.5. The Balaban J connectivity index is 3.02. The van der Waals surface area contributed by atoms with Crippen molar-refractivity contribution in [3.05, 3.63) is 34.3 Å². The predicted octanol–water partition coefficient (Wildman–Crippen LogP) is 3.59. The van der Waals surface area contributed by atoms with E-state index in [1.54, 1.807) is 0 Å². The maximum absolute atomic E-state index is 6.07. The van der Waals surface area contributed by atoms with Gasteiger partial charge >= 0.3 is 0 Å². The molecule has 1 unspecified atom stereocenters. The zero-order valence-electron chi connectivity index (χ0n) is 10.3. The van der Waals surface area contributed by atoms with E-state index in [9.17, 15) is 0 Å². The quantitative estimate of drug-likeness (QED) is 0.610. The van der Waals surface area contributed by atoms with Gasteiger partial charge in [-0.1, -0.05) is 44.4 Å². The van der Waals surface area contributed by atoms with Crippen LogP contribution in [0.4, 0.5) is 0 Å². The Hall–Kier alpha value is -0.570. The topological polar surface area (TPSA) is 38.0 Å². The van der Waals surface area contributed by atoms with Crippen LogP contribution in [0.25, 0.3) is 0 Å². The summed E-state index contributed by atoms with van der Waals surface area (Å²) < 4.78 is 0. The van der Waals surface area contributed by atoms with E-state index in [0.717, 1.165) is 17.9 Å². The molecule has 0 aromatic heterocycles. The number of hydrazine groups is 1. The van der Waals surface area contributed by atoms with E-state index in [2.05, 4.69) is 32.3 Å². The van der Waals surface area contributed by atoms with Gasteiger partial charge in [-0.15, -0.1) is 0 Å². The average molecular weight is 241 g/mol. The van der Waals surface area contributed by atoms with Crippen LogP contribution in [0, 0.1) is 12.8 Å². The predicted molar refractivity (Wildman–Crippen MR) is 70.3 cm³/mol. The largest absolute Gasteiger partial charge is 0.271 e. The van der Waals surface area contributed by atoms with Crippen LogP contribution in [-0.2, 0) is 0 Å². The summed E-state index contributed by atoms with van der Waals surface area (Å²) >= 11 is 6.07. The summed E-state index contributed by atoms with van der Waals surface area (Å²) in [6.07, 6.45) is 2.22. The van der Waals surface area contributed by atoms with Crippen molar-refractivity contribution in [2.75, 3.05) is 0 Å². The first-order valence-electron chi connectivity index (χ1n) is 5.85. The standard InChI is InChI=1S/C13H21ClN2/c1-4-10(5-2)13(16-15)11-6-9(3)7-12(14)8-11/h6-8,10,13,16H,4-5,15H2,1-3H3. The number of rotatable bonds is 5. The molecule has 0 saturated heterocycles. The highest BCUT2D eigenvalue weighted by molar-refractivity contribution is 6.30. The number of benzene rings is 1. The van der Waals surface area contributed by atoms with Gasteiger partial charge in [-0.2, -0.15) is 0 Å². The molecule has 0 spiro atoms. The van der Waals surface area contributed by atoms with E-state index >= 15 is 0 Å². The third-order valence-electron chi connectivity index (χ3n) is 3.12. The molecule has 1 aromatic rings. The molecule has 0 radical (unpaired) electrons. The molecule has 1 atom stereocenters. The maximum Gasteiger partial charge on any atom is 0.0488 e. The molecule has 0 amide bonds. The fourth-order valence-electron chi connectivity index (χ4n) is 2.21. The first-order valence-corrected chi connectivity index (χ1v) is 6.23. The van der Waals surface area contributed by atoms with Gasteiger partial charge in [0.15, 0.2) is 0 Å². The van der Waals surface area contributed by atoms with Crippen molar-refractivity contribution in [3.8, 4) is 0 Å². The summed E-state index contributed by atoms with van der Waals surface area (Å²) in [4.78, 5) is 0. The number of nitrogens with two attached hydrogens (primary N) is 1. The lowest BCUT2D eigenvalue weighted by Gasteiger charge is -2.25. The van der Waals surface area contributed by atoms with Crippen LogP contribution in [-0.4, -0.2) is 0 Å². The molecule has 1 aromatic carbocycles. The molecule has 16 heavy (non-hydrogen) atoms. The van der Waals surface area contributed by atoms with Crippen molar-refractivity contribution in [1.29, 1.82) is 0 Å². The summed E-state index contributed by atoms with van der Waals surface area (Å²) in [5.41, 5.74) is 5.27. The number of aryl methyl sites for hydroxylation is 1. The smallest absolute Gasteiger partial charge is 0.0488 e. The number of nitrogens with one attached hydrogen (secondary N) is 1. The van der Waals surface area contributed by atoms with E-state index in [4.69, 9.17) is 17.4 Å². The van der Waals surface area contributed by atoms with Gasteiger partial charge in [0.2, 0.25) is 0 Å². The minimum atomic E-state index is 0.187. The normalized spacial score (nSPS) is 13.1. The molecular formula is C13H21ClN2. The molecule has 0 aliphatic carbocycles. The van der Waals surface area contributed by atoms with Crippen molar-refractivity contribution < 1.29 is 0 Å². The van der Waals surface area contributed by atoms with E-state index in [0.29, 0.717) is 5.92 Å². The molecule has 0 aliphatic rings. The van der Waals surface area contributed by atoms with Gasteiger partial charge in [-0.05, 0) is 36.1 Å². The summed E-state index contributed by atoms with van der Waals surface area (Å²) in [6.45, 7) is 6.43. The molecule has 0 aliphatic heterocycles. The molecule has 90 valence electrons. The lowest BCUT2D eigenvalue weighted by atomic mass is 9.89. The van der Waals surface area contributed by atoms with Crippen LogP contribution in [0.1, 0.15) is 43.9 Å². The second kappa shape index (κ2) is 6.24. The lowest BCUT2D eigenvalue weighted by Crippen LogP contribution is -2.33. The van der Waals surface area contributed by atoms with E-state index in [1.807, 2.05) is 12.1 Å².